The number of nitrogens with zero attached hydrogens (tertiary/aromatic N) is 2. The molecule has 0 saturated heterocycles. The summed E-state index contributed by atoms with van der Waals surface area (Å²) < 4.78 is 24.3. The van der Waals surface area contributed by atoms with Crippen molar-refractivity contribution in [3.8, 4) is 0 Å². The molecule has 2 atom stereocenters. The minimum absolute atomic E-state index is 0.115. The van der Waals surface area contributed by atoms with Gasteiger partial charge >= 0.3 is 0 Å². The Hall–Kier alpha value is -0.970. The average molecular weight is 220 g/mol. The Kier molecular flexibility index (Phi) is 2.50. The highest BCUT2D eigenvalue weighted by atomic mass is 35.5. The van der Waals surface area contributed by atoms with Gasteiger partial charge in [0.05, 0.1) is 0 Å². The molecule has 1 N–H and O–H groups in total. The van der Waals surface area contributed by atoms with Crippen molar-refractivity contribution in [2.75, 3.05) is 5.32 Å². The quantitative estimate of drug-likeness (QED) is 0.792. The second kappa shape index (κ2) is 3.65. The lowest BCUT2D eigenvalue weighted by Gasteiger charge is -2.03. The third-order valence-corrected chi connectivity index (χ3v) is 2.31. The van der Waals surface area contributed by atoms with Crippen molar-refractivity contribution < 1.29 is 8.78 Å². The molecular weight excluding hydrogens is 212 g/mol. The minimum atomic E-state index is -2.26. The van der Waals surface area contributed by atoms with Crippen molar-refractivity contribution in [1.82, 2.24) is 9.97 Å². The molecule has 0 aliphatic heterocycles. The maximum absolute atomic E-state index is 12.2. The molecule has 0 amide bonds. The predicted molar refractivity (Wildman–Crippen MR) is 48.6 cm³/mol. The molecular formula is C8H8ClF2N3. The Bertz CT molecular complexity index is 334. The number of hydrogen-bond acceptors (Lipinski definition) is 3. The Labute approximate surface area is 84.5 Å². The molecule has 2 rings (SSSR count). The van der Waals surface area contributed by atoms with E-state index < -0.39 is 12.3 Å². The first kappa shape index (κ1) is 9.58. The zero-order chi connectivity index (χ0) is 10.1. The van der Waals surface area contributed by atoms with Crippen LogP contribution in [0.3, 0.4) is 0 Å². The number of halogens is 3. The Balaban J connectivity index is 1.93. The zero-order valence-electron chi connectivity index (χ0n) is 7.12. The fraction of sp³-hybridized carbons (Fsp3) is 0.500. The summed E-state index contributed by atoms with van der Waals surface area (Å²) in [6, 6.07) is 1.42. The number of hydrogen-bond donors (Lipinski definition) is 1. The number of aromatic nitrogens is 2. The van der Waals surface area contributed by atoms with Crippen LogP contribution < -0.4 is 5.32 Å². The van der Waals surface area contributed by atoms with E-state index in [1.807, 2.05) is 0 Å². The summed E-state index contributed by atoms with van der Waals surface area (Å²) in [5.41, 5.74) is 0. The SMILES string of the molecule is FC(F)[C@H]1C[C@@H]1Nc1ccnc(Cl)n1. The highest BCUT2D eigenvalue weighted by Gasteiger charge is 2.44. The largest absolute Gasteiger partial charge is 0.367 e. The van der Waals surface area contributed by atoms with Gasteiger partial charge in [0.25, 0.3) is 0 Å². The molecule has 0 bridgehead atoms. The standard InChI is InChI=1S/C8H8ClF2N3/c9-8-12-2-1-6(14-8)13-5-3-4(5)7(10)11/h1-2,4-5,7H,3H2,(H,12,13,14)/t4-,5-/m0/s1. The van der Waals surface area contributed by atoms with Crippen molar-refractivity contribution in [2.24, 2.45) is 5.92 Å². The summed E-state index contributed by atoms with van der Waals surface area (Å²) in [5, 5.41) is 2.99. The van der Waals surface area contributed by atoms with Gasteiger partial charge in [-0.3, -0.25) is 0 Å². The number of nitrogens with one attached hydrogen (secondary N) is 1. The van der Waals surface area contributed by atoms with Crippen LogP contribution in [0.1, 0.15) is 6.42 Å². The van der Waals surface area contributed by atoms with Crippen LogP contribution in [0.2, 0.25) is 5.28 Å². The van der Waals surface area contributed by atoms with E-state index in [1.54, 1.807) is 6.07 Å². The molecule has 0 unspecified atom stereocenters. The first-order valence-electron chi connectivity index (χ1n) is 4.20. The molecule has 1 aromatic rings. The second-order valence-electron chi connectivity index (χ2n) is 3.20. The van der Waals surface area contributed by atoms with Gasteiger partial charge in [-0.05, 0) is 24.1 Å². The van der Waals surface area contributed by atoms with Crippen molar-refractivity contribution in [1.29, 1.82) is 0 Å². The molecule has 6 heteroatoms. The lowest BCUT2D eigenvalue weighted by Crippen LogP contribution is -2.09. The van der Waals surface area contributed by atoms with Crippen molar-refractivity contribution in [3.63, 3.8) is 0 Å². The third-order valence-electron chi connectivity index (χ3n) is 2.12. The van der Waals surface area contributed by atoms with Gasteiger partial charge in [0.15, 0.2) is 0 Å². The summed E-state index contributed by atoms with van der Waals surface area (Å²) in [7, 11) is 0. The molecule has 76 valence electrons. The summed E-state index contributed by atoms with van der Waals surface area (Å²) in [5.74, 6) is -0.0538. The highest BCUT2D eigenvalue weighted by Crippen LogP contribution is 2.38. The van der Waals surface area contributed by atoms with Crippen LogP contribution in [-0.4, -0.2) is 22.4 Å². The minimum Gasteiger partial charge on any atom is -0.367 e. The van der Waals surface area contributed by atoms with Crippen LogP contribution in [-0.2, 0) is 0 Å². The van der Waals surface area contributed by atoms with Crippen LogP contribution in [0.15, 0.2) is 12.3 Å². The molecule has 1 heterocycles. The molecule has 1 saturated carbocycles. The molecule has 1 aliphatic carbocycles. The smallest absolute Gasteiger partial charge is 0.243 e. The van der Waals surface area contributed by atoms with Crippen LogP contribution in [0.5, 0.6) is 0 Å². The molecule has 1 aliphatic rings. The summed E-state index contributed by atoms with van der Waals surface area (Å²) in [6.45, 7) is 0. The summed E-state index contributed by atoms with van der Waals surface area (Å²) in [6.07, 6.45) is -0.290. The predicted octanol–water partition coefficient (Wildman–Crippen LogP) is 2.20. The molecule has 1 aromatic heterocycles. The van der Waals surface area contributed by atoms with Crippen LogP contribution in [0.4, 0.5) is 14.6 Å². The van der Waals surface area contributed by atoms with Crippen molar-refractivity contribution >= 4 is 17.4 Å². The van der Waals surface area contributed by atoms with Crippen LogP contribution >= 0.6 is 11.6 Å². The lowest BCUT2D eigenvalue weighted by molar-refractivity contribution is 0.121. The normalized spacial score (nSPS) is 25.1. The highest BCUT2D eigenvalue weighted by molar-refractivity contribution is 6.28. The first-order valence-corrected chi connectivity index (χ1v) is 4.58. The first-order chi connectivity index (χ1) is 6.66. The number of alkyl halides is 2. The molecule has 0 aromatic carbocycles. The van der Waals surface area contributed by atoms with Gasteiger partial charge in [-0.25, -0.2) is 18.7 Å². The maximum atomic E-state index is 12.2. The van der Waals surface area contributed by atoms with E-state index in [9.17, 15) is 8.78 Å². The summed E-state index contributed by atoms with van der Waals surface area (Å²) >= 11 is 5.54. The average Bonchev–Trinajstić information content (AvgIpc) is 2.84. The van der Waals surface area contributed by atoms with Gasteiger partial charge in [-0.15, -0.1) is 0 Å². The topological polar surface area (TPSA) is 37.8 Å². The zero-order valence-corrected chi connectivity index (χ0v) is 7.88. The Morgan fingerprint density at radius 3 is 2.93 bits per heavy atom. The van der Waals surface area contributed by atoms with Gasteiger partial charge < -0.3 is 5.32 Å². The van der Waals surface area contributed by atoms with Crippen LogP contribution in [0, 0.1) is 5.92 Å². The molecule has 1 fully saturated rings. The van der Waals surface area contributed by atoms with E-state index in [1.165, 1.54) is 6.20 Å². The third kappa shape index (κ3) is 2.09. The van der Waals surface area contributed by atoms with E-state index in [-0.39, 0.29) is 11.3 Å². The summed E-state index contributed by atoms with van der Waals surface area (Å²) in [4.78, 5) is 7.53. The van der Waals surface area contributed by atoms with Gasteiger partial charge in [-0.1, -0.05) is 0 Å². The molecule has 0 radical (unpaired) electrons. The van der Waals surface area contributed by atoms with Crippen LogP contribution in [0.25, 0.3) is 0 Å². The van der Waals surface area contributed by atoms with E-state index >= 15 is 0 Å². The Morgan fingerprint density at radius 1 is 1.57 bits per heavy atom. The fourth-order valence-corrected chi connectivity index (χ4v) is 1.41. The van der Waals surface area contributed by atoms with E-state index in [0.717, 1.165) is 0 Å². The van der Waals surface area contributed by atoms with Crippen molar-refractivity contribution in [3.05, 3.63) is 17.5 Å². The van der Waals surface area contributed by atoms with Gasteiger partial charge in [0, 0.05) is 18.2 Å². The lowest BCUT2D eigenvalue weighted by atomic mass is 10.4. The van der Waals surface area contributed by atoms with E-state index in [0.29, 0.717) is 12.2 Å². The molecule has 0 spiro atoms. The van der Waals surface area contributed by atoms with Gasteiger partial charge in [0.1, 0.15) is 5.82 Å². The van der Waals surface area contributed by atoms with Gasteiger partial charge in [0.2, 0.25) is 11.7 Å². The van der Waals surface area contributed by atoms with E-state index in [4.69, 9.17) is 11.6 Å². The van der Waals surface area contributed by atoms with Crippen molar-refractivity contribution in [2.45, 2.75) is 18.9 Å². The second-order valence-corrected chi connectivity index (χ2v) is 3.53. The van der Waals surface area contributed by atoms with Gasteiger partial charge in [-0.2, -0.15) is 0 Å². The van der Waals surface area contributed by atoms with E-state index in [2.05, 4.69) is 15.3 Å². The Morgan fingerprint density at radius 2 is 2.36 bits per heavy atom. The molecule has 14 heavy (non-hydrogen) atoms. The number of anilines is 1. The monoisotopic (exact) mass is 219 g/mol. The maximum Gasteiger partial charge on any atom is 0.243 e. The molecule has 3 nitrogen and oxygen atoms in total. The number of rotatable bonds is 3. The fourth-order valence-electron chi connectivity index (χ4n) is 1.26.